The third-order valence-electron chi connectivity index (χ3n) is 4.57. The minimum absolute atomic E-state index is 1.11. The van der Waals surface area contributed by atoms with Gasteiger partial charge < -0.3 is 17.1 Å². The summed E-state index contributed by atoms with van der Waals surface area (Å²) in [5.41, 5.74) is 1.46. The second-order valence-corrected chi connectivity index (χ2v) is 7.76. The van der Waals surface area contributed by atoms with Crippen molar-refractivity contribution in [3.8, 4) is 5.40 Å². The van der Waals surface area contributed by atoms with Gasteiger partial charge in [-0.3, -0.25) is 0 Å². The molecule has 0 radical (unpaired) electrons. The summed E-state index contributed by atoms with van der Waals surface area (Å²) in [6, 6.07) is 10.9. The molecule has 0 aromatic heterocycles. The van der Waals surface area contributed by atoms with Gasteiger partial charge in [0.2, 0.25) is 0 Å². The summed E-state index contributed by atoms with van der Waals surface area (Å²) in [4.78, 5) is 0. The quantitative estimate of drug-likeness (QED) is 0.180. The van der Waals surface area contributed by atoms with Crippen molar-refractivity contribution in [3.05, 3.63) is 35.9 Å². The van der Waals surface area contributed by atoms with Crippen molar-refractivity contribution in [2.75, 3.05) is 20.6 Å². The van der Waals surface area contributed by atoms with Crippen LogP contribution >= 0.6 is 0 Å². The lowest BCUT2D eigenvalue weighted by Crippen LogP contribution is -2.39. The van der Waals surface area contributed by atoms with Gasteiger partial charge in [-0.05, 0) is 12.8 Å². The van der Waals surface area contributed by atoms with Crippen LogP contribution in [0.1, 0.15) is 76.7 Å². The van der Waals surface area contributed by atoms with Crippen molar-refractivity contribution in [3.63, 3.8) is 0 Å². The van der Waals surface area contributed by atoms with E-state index in [9.17, 15) is 0 Å². The van der Waals surface area contributed by atoms with Gasteiger partial charge in [0.15, 0.2) is 0 Å². The van der Waals surface area contributed by atoms with E-state index in [-0.39, 0.29) is 0 Å². The van der Waals surface area contributed by atoms with E-state index in [0.717, 1.165) is 11.0 Å². The first-order chi connectivity index (χ1) is 12.1. The molecule has 1 aromatic carbocycles. The summed E-state index contributed by atoms with van der Waals surface area (Å²) in [6.07, 6.45) is 14.2. The Hall–Kier alpha value is -1.11. The fraction of sp³-hybridized carbons (Fsp3) is 0.682. The number of quaternary nitrogens is 1. The zero-order chi connectivity index (χ0) is 18.8. The highest BCUT2D eigenvalue weighted by molar-refractivity contribution is 7.64. The van der Waals surface area contributed by atoms with Crippen LogP contribution in [0.4, 0.5) is 0 Å². The molecule has 0 heterocycles. The maximum Gasteiger partial charge on any atom is 0.104 e. The summed E-state index contributed by atoms with van der Waals surface area (Å²) in [5, 5.41) is 8.47. The number of benzene rings is 1. The van der Waals surface area contributed by atoms with E-state index in [2.05, 4.69) is 64.0 Å². The highest BCUT2D eigenvalue weighted by atomic mass is 32.1. The number of rotatable bonds is 13. The molecular weight excluding hydrogens is 324 g/mol. The van der Waals surface area contributed by atoms with Crippen molar-refractivity contribution in [1.29, 1.82) is 5.26 Å². The fourth-order valence-electron chi connectivity index (χ4n) is 3.18. The lowest BCUT2D eigenvalue weighted by atomic mass is 10.1. The van der Waals surface area contributed by atoms with Crippen LogP contribution < -0.4 is 0 Å². The molecule has 0 atom stereocenters. The zero-order valence-electron chi connectivity index (χ0n) is 16.7. The number of thiocyanates is 1. The standard InChI is InChI=1S/C21H38N.CHNS/c1-4-5-6-7-8-9-10-11-12-16-19-22(2,3)20-21-17-14-13-15-18-21;2-1-3/h13-15,17-18H,4-12,16,19-20H2,1-3H3;3H/q+1;/p-1. The van der Waals surface area contributed by atoms with E-state index in [0.29, 0.717) is 0 Å². The summed E-state index contributed by atoms with van der Waals surface area (Å²) in [7, 11) is 4.72. The lowest BCUT2D eigenvalue weighted by Gasteiger charge is -2.30. The van der Waals surface area contributed by atoms with Crippen LogP contribution in [0.15, 0.2) is 30.3 Å². The number of hydrogen-bond acceptors (Lipinski definition) is 2. The third kappa shape index (κ3) is 16.1. The van der Waals surface area contributed by atoms with Crippen molar-refractivity contribution in [2.24, 2.45) is 0 Å². The summed E-state index contributed by atoms with van der Waals surface area (Å²) in [6.45, 7) is 4.74. The van der Waals surface area contributed by atoms with Gasteiger partial charge in [-0.15, -0.1) is 0 Å². The van der Waals surface area contributed by atoms with E-state index in [4.69, 9.17) is 5.26 Å². The Balaban J connectivity index is 0.00000178. The van der Waals surface area contributed by atoms with Crippen molar-refractivity contribution in [2.45, 2.75) is 77.7 Å². The smallest absolute Gasteiger partial charge is 0.104 e. The molecule has 3 heteroatoms. The molecule has 0 saturated heterocycles. The molecule has 0 aliphatic heterocycles. The molecule has 0 amide bonds. The third-order valence-corrected chi connectivity index (χ3v) is 4.57. The van der Waals surface area contributed by atoms with Gasteiger partial charge in [0.25, 0.3) is 0 Å². The Morgan fingerprint density at radius 3 is 1.76 bits per heavy atom. The summed E-state index contributed by atoms with van der Waals surface area (Å²) in [5.74, 6) is 0. The summed E-state index contributed by atoms with van der Waals surface area (Å²) >= 11 is 3.70. The molecule has 0 N–H and O–H groups in total. The molecule has 1 rings (SSSR count). The molecule has 0 aliphatic carbocycles. The first-order valence-corrected chi connectivity index (χ1v) is 10.3. The summed E-state index contributed by atoms with van der Waals surface area (Å²) < 4.78 is 1.11. The Bertz CT molecular complexity index is 437. The topological polar surface area (TPSA) is 23.8 Å². The first kappa shape index (κ1) is 23.9. The number of nitrogens with zero attached hydrogens (tertiary/aromatic N) is 2. The fourth-order valence-corrected chi connectivity index (χ4v) is 3.18. The average molecular weight is 363 g/mol. The Morgan fingerprint density at radius 1 is 0.840 bits per heavy atom. The second-order valence-electron chi connectivity index (χ2n) is 7.58. The molecule has 0 spiro atoms. The Labute approximate surface area is 162 Å². The largest absolute Gasteiger partial charge is 0.696 e. The molecule has 0 aliphatic rings. The highest BCUT2D eigenvalue weighted by Gasteiger charge is 2.14. The van der Waals surface area contributed by atoms with Gasteiger partial charge in [-0.2, -0.15) is 0 Å². The van der Waals surface area contributed by atoms with Crippen LogP contribution in [0.25, 0.3) is 0 Å². The van der Waals surface area contributed by atoms with Crippen molar-refractivity contribution >= 4 is 12.6 Å². The van der Waals surface area contributed by atoms with Gasteiger partial charge in [-0.1, -0.05) is 94.0 Å². The monoisotopic (exact) mass is 362 g/mol. The average Bonchev–Trinajstić information content (AvgIpc) is 2.58. The van der Waals surface area contributed by atoms with E-state index >= 15 is 0 Å². The second kappa shape index (κ2) is 16.4. The Kier molecular flexibility index (Phi) is 15.6. The highest BCUT2D eigenvalue weighted by Crippen LogP contribution is 2.13. The van der Waals surface area contributed by atoms with Gasteiger partial charge in [-0.25, -0.2) is 5.26 Å². The van der Waals surface area contributed by atoms with Crippen LogP contribution in [0, 0.1) is 10.7 Å². The Morgan fingerprint density at radius 2 is 1.28 bits per heavy atom. The number of unbranched alkanes of at least 4 members (excludes halogenated alkanes) is 9. The molecule has 0 fully saturated rings. The molecule has 25 heavy (non-hydrogen) atoms. The molecule has 0 saturated carbocycles. The predicted octanol–water partition coefficient (Wildman–Crippen LogP) is 6.20. The predicted molar refractivity (Wildman–Crippen MR) is 112 cm³/mol. The van der Waals surface area contributed by atoms with Gasteiger partial charge in [0, 0.05) is 5.56 Å². The molecule has 2 nitrogen and oxygen atoms in total. The first-order valence-electron chi connectivity index (χ1n) is 9.93. The maximum atomic E-state index is 7.13. The van der Waals surface area contributed by atoms with Crippen LogP contribution in [-0.4, -0.2) is 25.1 Å². The van der Waals surface area contributed by atoms with E-state index in [1.54, 1.807) is 0 Å². The zero-order valence-corrected chi connectivity index (χ0v) is 17.5. The number of nitriles is 1. The molecule has 1 aromatic rings. The SMILES string of the molecule is CCCCCCCCCCCC[N+](C)(C)Cc1ccccc1.N#C[S-]. The van der Waals surface area contributed by atoms with E-state index in [1.807, 2.05) is 0 Å². The molecule has 0 unspecified atom stereocenters. The minimum Gasteiger partial charge on any atom is -0.696 e. The van der Waals surface area contributed by atoms with E-state index < -0.39 is 0 Å². The van der Waals surface area contributed by atoms with Crippen LogP contribution in [0.2, 0.25) is 0 Å². The van der Waals surface area contributed by atoms with Crippen LogP contribution in [-0.2, 0) is 19.2 Å². The maximum absolute atomic E-state index is 7.13. The van der Waals surface area contributed by atoms with Crippen LogP contribution in [0.5, 0.6) is 0 Å². The van der Waals surface area contributed by atoms with Gasteiger partial charge in [0.05, 0.1) is 20.6 Å². The normalized spacial score (nSPS) is 10.6. The van der Waals surface area contributed by atoms with Crippen molar-refractivity contribution < 1.29 is 4.48 Å². The molecule has 0 bridgehead atoms. The van der Waals surface area contributed by atoms with Crippen molar-refractivity contribution in [1.82, 2.24) is 0 Å². The molecular formula is C22H38N2S. The lowest BCUT2D eigenvalue weighted by molar-refractivity contribution is -0.903. The van der Waals surface area contributed by atoms with E-state index in [1.165, 1.54) is 81.7 Å². The minimum atomic E-state index is 1.11. The molecule has 142 valence electrons. The van der Waals surface area contributed by atoms with Gasteiger partial charge in [0.1, 0.15) is 6.54 Å². The van der Waals surface area contributed by atoms with Gasteiger partial charge >= 0.3 is 0 Å². The number of hydrogen-bond donors (Lipinski definition) is 0. The van der Waals surface area contributed by atoms with Crippen LogP contribution in [0.3, 0.4) is 0 Å².